The monoisotopic (exact) mass is 757 g/mol. The van der Waals surface area contributed by atoms with Crippen LogP contribution >= 0.6 is 0 Å². The van der Waals surface area contributed by atoms with Crippen molar-refractivity contribution in [2.45, 2.75) is 174 Å². The second-order valence-corrected chi connectivity index (χ2v) is 21.6. The molecule has 4 aliphatic heterocycles. The second kappa shape index (κ2) is 13.1. The first-order valence-corrected chi connectivity index (χ1v) is 22.0. The lowest BCUT2D eigenvalue weighted by Crippen LogP contribution is -2.60. The molecule has 2 N–H and O–H groups in total. The molecule has 4 saturated heterocycles. The fourth-order valence-electron chi connectivity index (χ4n) is 15.9. The highest BCUT2D eigenvalue weighted by Gasteiger charge is 2.84. The molecule has 5 saturated carbocycles. The van der Waals surface area contributed by atoms with Gasteiger partial charge in [0.1, 0.15) is 0 Å². The van der Waals surface area contributed by atoms with E-state index in [9.17, 15) is 15.0 Å². The topological polar surface area (TPSA) is 110 Å². The average molecular weight is 757 g/mol. The quantitative estimate of drug-likeness (QED) is 0.328. The minimum Gasteiger partial charge on any atom is -0.457 e. The number of carbonyl (C=O) groups excluding carboxylic acids is 1. The van der Waals surface area contributed by atoms with Crippen molar-refractivity contribution in [3.8, 4) is 0 Å². The Labute approximate surface area is 324 Å². The molecule has 0 aromatic carbocycles. The summed E-state index contributed by atoms with van der Waals surface area (Å²) in [5.41, 5.74) is -0.963. The van der Waals surface area contributed by atoms with Crippen LogP contribution in [0.1, 0.15) is 120 Å². The summed E-state index contributed by atoms with van der Waals surface area (Å²) in [7, 11) is 0. The number of rotatable bonds is 7. The molecule has 14 atom stereocenters. The van der Waals surface area contributed by atoms with Gasteiger partial charge in [0, 0.05) is 44.6 Å². The maximum absolute atomic E-state index is 12.7. The van der Waals surface area contributed by atoms with Crippen LogP contribution in [0.15, 0.2) is 0 Å². The lowest BCUT2D eigenvalue weighted by molar-refractivity contribution is -0.252. The number of esters is 1. The average Bonchev–Trinajstić information content (AvgIpc) is 3.72. The van der Waals surface area contributed by atoms with Crippen molar-refractivity contribution in [3.63, 3.8) is 0 Å². The number of nitrogens with zero attached hydrogens (tertiary/aromatic N) is 2. The van der Waals surface area contributed by atoms with Crippen molar-refractivity contribution < 1.29 is 38.7 Å². The van der Waals surface area contributed by atoms with Gasteiger partial charge >= 0.3 is 5.97 Å². The van der Waals surface area contributed by atoms with Crippen LogP contribution in [0.2, 0.25) is 0 Å². The molecule has 9 rings (SSSR count). The van der Waals surface area contributed by atoms with Gasteiger partial charge in [-0.25, -0.2) is 0 Å². The van der Waals surface area contributed by atoms with Gasteiger partial charge in [0.2, 0.25) is 0 Å². The minimum absolute atomic E-state index is 0.0478. The van der Waals surface area contributed by atoms with Crippen molar-refractivity contribution >= 4 is 5.97 Å². The van der Waals surface area contributed by atoms with Crippen molar-refractivity contribution in [3.05, 3.63) is 0 Å². The number of carbonyl (C=O) groups is 1. The van der Waals surface area contributed by atoms with E-state index in [0.717, 1.165) is 52.2 Å². The summed E-state index contributed by atoms with van der Waals surface area (Å²) >= 11 is 0. The Morgan fingerprint density at radius 3 is 2.28 bits per heavy atom. The molecule has 54 heavy (non-hydrogen) atoms. The molecule has 2 spiro atoms. The van der Waals surface area contributed by atoms with Crippen LogP contribution in [0.25, 0.3) is 0 Å². The first-order valence-electron chi connectivity index (χ1n) is 22.0. The van der Waals surface area contributed by atoms with Crippen molar-refractivity contribution in [2.24, 2.45) is 50.7 Å². The van der Waals surface area contributed by atoms with E-state index in [4.69, 9.17) is 23.7 Å². The zero-order chi connectivity index (χ0) is 38.2. The first kappa shape index (κ1) is 38.7. The van der Waals surface area contributed by atoms with E-state index in [2.05, 4.69) is 44.4 Å². The molecule has 9 fully saturated rings. The van der Waals surface area contributed by atoms with Crippen LogP contribution in [-0.2, 0) is 28.5 Å². The zero-order valence-corrected chi connectivity index (χ0v) is 34.7. The Bertz CT molecular complexity index is 1440. The van der Waals surface area contributed by atoms with Crippen LogP contribution in [-0.4, -0.2) is 126 Å². The molecule has 0 bridgehead atoms. The molecular formula is C44H72N2O8. The third-order valence-corrected chi connectivity index (χ3v) is 18.6. The Morgan fingerprint density at radius 1 is 0.907 bits per heavy atom. The van der Waals surface area contributed by atoms with Gasteiger partial charge in [0.05, 0.1) is 55.9 Å². The Kier molecular flexibility index (Phi) is 9.36. The van der Waals surface area contributed by atoms with Gasteiger partial charge in [-0.3, -0.25) is 14.6 Å². The van der Waals surface area contributed by atoms with E-state index in [-0.39, 0.29) is 52.0 Å². The summed E-state index contributed by atoms with van der Waals surface area (Å²) in [6, 6.07) is 1.25. The normalized spacial score (nSPS) is 50.1. The molecule has 5 unspecified atom stereocenters. The number of fused-ring (bicyclic) bond motifs is 4. The molecule has 0 aromatic heterocycles. The van der Waals surface area contributed by atoms with Crippen LogP contribution in [0.4, 0.5) is 0 Å². The van der Waals surface area contributed by atoms with E-state index in [0.29, 0.717) is 35.8 Å². The predicted molar refractivity (Wildman–Crippen MR) is 203 cm³/mol. The van der Waals surface area contributed by atoms with Crippen LogP contribution in [0, 0.1) is 50.7 Å². The van der Waals surface area contributed by atoms with E-state index in [1.165, 1.54) is 58.5 Å². The SMILES string of the molecule is CC(=O)O[C@@H](C1C[C@@H](C)[C@H]2C(O1)[C@H](O)[C@@]1(C)C3CC[C@H]4C(C)(C)[C@@H](O[C@H]5CN(C6CCN(C7COC7)CC6)CCO5)CCC45CC35CC[C@]21C)C(C)(C)O. The summed E-state index contributed by atoms with van der Waals surface area (Å²) in [5.74, 6) is 1.12. The standard InChI is InChI=1S/C44H72N2O8/c1-26-21-30(38(40(5,6)49)52-27(2)47)53-36-35(26)41(7)15-16-44-25-43(44)14-11-33(39(3,4)31(43)9-10-32(44)42(41,8)37(36)48)54-34-22-46(19-20-51-34)28-12-17-45(18-13-28)29-23-50-24-29/h26,28-38,48-49H,9-25H2,1-8H3/t26-,30?,31+,32?,33+,34+,35+,36?,37+,38+,41-,42-,43?,44?/m1/s1. The Morgan fingerprint density at radius 2 is 1.61 bits per heavy atom. The predicted octanol–water partition coefficient (Wildman–Crippen LogP) is 5.41. The van der Waals surface area contributed by atoms with E-state index in [1.807, 2.05) is 0 Å². The van der Waals surface area contributed by atoms with Gasteiger partial charge in [-0.2, -0.15) is 0 Å². The third kappa shape index (κ3) is 5.48. The highest BCUT2D eigenvalue weighted by molar-refractivity contribution is 5.66. The van der Waals surface area contributed by atoms with Gasteiger partial charge in [-0.15, -0.1) is 0 Å². The van der Waals surface area contributed by atoms with Gasteiger partial charge < -0.3 is 33.9 Å². The number of ether oxygens (including phenoxy) is 5. The number of piperidine rings is 1. The Balaban J connectivity index is 0.894. The molecule has 0 radical (unpaired) electrons. The number of likely N-dealkylation sites (tertiary alicyclic amines) is 1. The number of hydrogen-bond donors (Lipinski definition) is 2. The Hall–Kier alpha value is -0.850. The molecule has 0 amide bonds. The fourth-order valence-corrected chi connectivity index (χ4v) is 15.9. The number of aliphatic hydroxyl groups is 2. The molecule has 306 valence electrons. The van der Waals surface area contributed by atoms with Crippen molar-refractivity contribution in [1.82, 2.24) is 9.80 Å². The first-order chi connectivity index (χ1) is 25.5. The highest BCUT2D eigenvalue weighted by Crippen LogP contribution is 2.89. The molecule has 10 heteroatoms. The van der Waals surface area contributed by atoms with Gasteiger partial charge in [-0.05, 0) is 123 Å². The zero-order valence-electron chi connectivity index (χ0n) is 34.7. The number of hydrogen-bond acceptors (Lipinski definition) is 10. The molecule has 4 heterocycles. The molecule has 10 nitrogen and oxygen atoms in total. The minimum atomic E-state index is -1.25. The summed E-state index contributed by atoms with van der Waals surface area (Å²) < 4.78 is 31.5. The van der Waals surface area contributed by atoms with Crippen molar-refractivity contribution in [1.29, 1.82) is 0 Å². The summed E-state index contributed by atoms with van der Waals surface area (Å²) in [4.78, 5) is 17.5. The van der Waals surface area contributed by atoms with E-state index < -0.39 is 29.9 Å². The lowest BCUT2D eigenvalue weighted by Gasteiger charge is -2.64. The van der Waals surface area contributed by atoms with Crippen LogP contribution in [0.3, 0.4) is 0 Å². The summed E-state index contributed by atoms with van der Waals surface area (Å²) in [6.07, 6.45) is 9.25. The fraction of sp³-hybridized carbons (Fsp3) is 0.977. The van der Waals surface area contributed by atoms with Crippen LogP contribution < -0.4 is 0 Å². The van der Waals surface area contributed by atoms with Crippen molar-refractivity contribution in [2.75, 3.05) is 46.0 Å². The molecule has 9 aliphatic rings. The van der Waals surface area contributed by atoms with E-state index >= 15 is 0 Å². The second-order valence-electron chi connectivity index (χ2n) is 21.6. The maximum atomic E-state index is 12.7. The molecule has 5 aliphatic carbocycles. The highest BCUT2D eigenvalue weighted by atomic mass is 16.7. The lowest BCUT2D eigenvalue weighted by atomic mass is 9.41. The number of aliphatic hydroxyl groups excluding tert-OH is 1. The van der Waals surface area contributed by atoms with Gasteiger partial charge in [0.25, 0.3) is 0 Å². The third-order valence-electron chi connectivity index (χ3n) is 18.6. The summed E-state index contributed by atoms with van der Waals surface area (Å²) in [5, 5.41) is 23.8. The van der Waals surface area contributed by atoms with E-state index in [1.54, 1.807) is 13.8 Å². The van der Waals surface area contributed by atoms with Crippen LogP contribution in [0.5, 0.6) is 0 Å². The largest absolute Gasteiger partial charge is 0.457 e. The smallest absolute Gasteiger partial charge is 0.303 e. The van der Waals surface area contributed by atoms with Gasteiger partial charge in [0.15, 0.2) is 12.4 Å². The summed E-state index contributed by atoms with van der Waals surface area (Å²) in [6.45, 7) is 23.8. The molecule has 0 aromatic rings. The van der Waals surface area contributed by atoms with Gasteiger partial charge in [-0.1, -0.05) is 34.6 Å². The number of morpholine rings is 1. The maximum Gasteiger partial charge on any atom is 0.303 e. The molecular weight excluding hydrogens is 684 g/mol.